The first-order valence-electron chi connectivity index (χ1n) is 10.6. The number of nitrogens with one attached hydrogen (secondary N) is 1. The number of anilines is 1. The monoisotopic (exact) mass is 422 g/mol. The number of benzene rings is 3. The third-order valence-corrected chi connectivity index (χ3v) is 6.97. The van der Waals surface area contributed by atoms with Crippen LogP contribution in [0.15, 0.2) is 77.6 Å². The molecule has 4 heterocycles. The lowest BCUT2D eigenvalue weighted by Crippen LogP contribution is -2.46. The minimum Gasteiger partial charge on any atom is -0.381 e. The van der Waals surface area contributed by atoms with Gasteiger partial charge in [-0.15, -0.1) is 0 Å². The number of carbonyl (C=O) groups is 1. The van der Waals surface area contributed by atoms with Gasteiger partial charge >= 0.3 is 0 Å². The number of aromatic nitrogens is 2. The van der Waals surface area contributed by atoms with Gasteiger partial charge in [0, 0.05) is 17.7 Å². The Kier molecular flexibility index (Phi) is 3.22. The van der Waals surface area contributed by atoms with Crippen LogP contribution >= 0.6 is 0 Å². The minimum absolute atomic E-state index is 0.217. The number of carbonyl (C=O) groups excluding carboxylic acids is 1. The number of rotatable bonds is 0. The SMILES string of the molecule is O=C1c2ccccc2-n2c(nc3ccccc3c2=O)[C@@H]2C[C@]3(O)c4ccccc4N[C@@H]3N12. The molecular weight excluding hydrogens is 404 g/mol. The Bertz CT molecular complexity index is 1530. The molecule has 0 unspecified atom stereocenters. The minimum atomic E-state index is -1.28. The fourth-order valence-electron chi connectivity index (χ4n) is 5.56. The van der Waals surface area contributed by atoms with E-state index in [1.807, 2.05) is 42.5 Å². The molecule has 3 aliphatic heterocycles. The molecule has 156 valence electrons. The zero-order chi connectivity index (χ0) is 21.6. The van der Waals surface area contributed by atoms with Crippen LogP contribution in [0.5, 0.6) is 0 Å². The Labute approximate surface area is 182 Å². The highest BCUT2D eigenvalue weighted by Gasteiger charge is 2.60. The third-order valence-electron chi connectivity index (χ3n) is 6.97. The second-order valence-electron chi connectivity index (χ2n) is 8.59. The lowest BCUT2D eigenvalue weighted by atomic mass is 9.91. The zero-order valence-electron chi connectivity index (χ0n) is 16.9. The van der Waals surface area contributed by atoms with Gasteiger partial charge in [0.2, 0.25) is 0 Å². The summed E-state index contributed by atoms with van der Waals surface area (Å²) in [5, 5.41) is 15.6. The summed E-state index contributed by atoms with van der Waals surface area (Å²) in [4.78, 5) is 34.0. The summed E-state index contributed by atoms with van der Waals surface area (Å²) in [7, 11) is 0. The predicted molar refractivity (Wildman–Crippen MR) is 119 cm³/mol. The van der Waals surface area contributed by atoms with Crippen LogP contribution < -0.4 is 10.9 Å². The first-order valence-corrected chi connectivity index (χ1v) is 10.6. The molecule has 32 heavy (non-hydrogen) atoms. The van der Waals surface area contributed by atoms with Crippen molar-refractivity contribution in [1.29, 1.82) is 0 Å². The number of hydrogen-bond donors (Lipinski definition) is 2. The lowest BCUT2D eigenvalue weighted by Gasteiger charge is -2.29. The van der Waals surface area contributed by atoms with Crippen LogP contribution in [-0.2, 0) is 5.60 Å². The average molecular weight is 422 g/mol. The standard InChI is InChI=1S/C25H18N4O3/c30-22-14-7-1-4-10-17(14)26-21-20-13-25(32)16-9-3-5-11-18(16)27-24(25)29(20)23(31)15-8-2-6-12-19(15)28(21)22/h1-12,20,24,27,32H,13H2/t20-,24+,25-/m0/s1. The number of aliphatic hydroxyl groups is 1. The van der Waals surface area contributed by atoms with E-state index in [2.05, 4.69) is 5.32 Å². The number of fused-ring (bicyclic) bond motifs is 10. The number of amides is 1. The first kappa shape index (κ1) is 17.7. The molecule has 7 rings (SSSR count). The van der Waals surface area contributed by atoms with E-state index in [1.54, 1.807) is 39.8 Å². The van der Waals surface area contributed by atoms with Crippen molar-refractivity contribution in [3.05, 3.63) is 100 Å². The molecule has 0 saturated carbocycles. The van der Waals surface area contributed by atoms with Gasteiger partial charge in [0.1, 0.15) is 17.6 Å². The van der Waals surface area contributed by atoms with Crippen molar-refractivity contribution in [3.63, 3.8) is 0 Å². The van der Waals surface area contributed by atoms with Gasteiger partial charge in [0.25, 0.3) is 11.5 Å². The maximum absolute atomic E-state index is 13.9. The molecular formula is C25H18N4O3. The summed E-state index contributed by atoms with van der Waals surface area (Å²) < 4.78 is 1.55. The number of hydrogen-bond acceptors (Lipinski definition) is 5. The molecule has 7 nitrogen and oxygen atoms in total. The molecule has 1 saturated heterocycles. The zero-order valence-corrected chi connectivity index (χ0v) is 16.9. The molecule has 4 aromatic rings. The highest BCUT2D eigenvalue weighted by atomic mass is 16.3. The molecule has 3 atom stereocenters. The van der Waals surface area contributed by atoms with Crippen LogP contribution in [0.3, 0.4) is 0 Å². The van der Waals surface area contributed by atoms with Crippen LogP contribution in [0.4, 0.5) is 5.69 Å². The molecule has 0 radical (unpaired) electrons. The van der Waals surface area contributed by atoms with Gasteiger partial charge in [-0.2, -0.15) is 0 Å². The molecule has 3 aliphatic rings. The molecule has 0 spiro atoms. The largest absolute Gasteiger partial charge is 0.381 e. The second-order valence-corrected chi connectivity index (χ2v) is 8.59. The van der Waals surface area contributed by atoms with Crippen LogP contribution in [0.25, 0.3) is 16.6 Å². The van der Waals surface area contributed by atoms with Crippen molar-refractivity contribution >= 4 is 22.5 Å². The smallest absolute Gasteiger partial charge is 0.266 e. The van der Waals surface area contributed by atoms with Crippen molar-refractivity contribution < 1.29 is 9.90 Å². The number of nitrogens with zero attached hydrogens (tertiary/aromatic N) is 3. The molecule has 2 N–H and O–H groups in total. The van der Waals surface area contributed by atoms with Crippen LogP contribution in [0.1, 0.15) is 34.2 Å². The van der Waals surface area contributed by atoms with Crippen LogP contribution in [0.2, 0.25) is 0 Å². The second kappa shape index (κ2) is 5.83. The van der Waals surface area contributed by atoms with Crippen LogP contribution in [0, 0.1) is 0 Å². The normalized spacial score (nSPS) is 24.8. The first-order chi connectivity index (χ1) is 15.6. The Morgan fingerprint density at radius 2 is 1.72 bits per heavy atom. The van der Waals surface area contributed by atoms with Gasteiger partial charge in [-0.05, 0) is 30.3 Å². The summed E-state index contributed by atoms with van der Waals surface area (Å²) in [5.74, 6) is 0.231. The van der Waals surface area contributed by atoms with E-state index >= 15 is 0 Å². The summed E-state index contributed by atoms with van der Waals surface area (Å²) in [6.45, 7) is 0. The van der Waals surface area contributed by atoms with E-state index < -0.39 is 17.8 Å². The maximum Gasteiger partial charge on any atom is 0.266 e. The van der Waals surface area contributed by atoms with E-state index in [0.29, 0.717) is 28.0 Å². The Morgan fingerprint density at radius 3 is 2.62 bits per heavy atom. The third kappa shape index (κ3) is 2.01. The molecule has 3 aromatic carbocycles. The molecule has 1 amide bonds. The van der Waals surface area contributed by atoms with Gasteiger partial charge in [-0.25, -0.2) is 4.98 Å². The van der Waals surface area contributed by atoms with E-state index in [4.69, 9.17) is 4.98 Å². The summed E-state index contributed by atoms with van der Waals surface area (Å²) in [6.07, 6.45) is -0.410. The van der Waals surface area contributed by atoms with Crippen molar-refractivity contribution in [2.24, 2.45) is 0 Å². The van der Waals surface area contributed by atoms with E-state index in [0.717, 1.165) is 11.3 Å². The molecule has 1 aromatic heterocycles. The van der Waals surface area contributed by atoms with Gasteiger partial charge in [-0.1, -0.05) is 42.5 Å². The highest BCUT2D eigenvalue weighted by Crippen LogP contribution is 2.54. The topological polar surface area (TPSA) is 87.5 Å². The van der Waals surface area contributed by atoms with Gasteiger partial charge in [0.05, 0.1) is 28.2 Å². The maximum atomic E-state index is 13.9. The average Bonchev–Trinajstić information content (AvgIpc) is 3.23. The Balaban J connectivity index is 1.56. The Morgan fingerprint density at radius 1 is 0.969 bits per heavy atom. The molecule has 0 bridgehead atoms. The van der Waals surface area contributed by atoms with Crippen molar-refractivity contribution in [2.45, 2.75) is 24.2 Å². The van der Waals surface area contributed by atoms with Crippen molar-refractivity contribution in [2.75, 3.05) is 5.32 Å². The summed E-state index contributed by atoms with van der Waals surface area (Å²) in [6, 6.07) is 21.3. The van der Waals surface area contributed by atoms with E-state index in [9.17, 15) is 14.7 Å². The Hall–Kier alpha value is -3.97. The van der Waals surface area contributed by atoms with Crippen LogP contribution in [-0.4, -0.2) is 31.6 Å². The number of para-hydroxylation sites is 3. The van der Waals surface area contributed by atoms with E-state index in [-0.39, 0.29) is 17.9 Å². The predicted octanol–water partition coefficient (Wildman–Crippen LogP) is 2.93. The molecule has 0 aliphatic carbocycles. The quantitative estimate of drug-likeness (QED) is 0.455. The fourth-order valence-corrected chi connectivity index (χ4v) is 5.56. The van der Waals surface area contributed by atoms with E-state index in [1.165, 1.54) is 0 Å². The van der Waals surface area contributed by atoms with Crippen molar-refractivity contribution in [3.8, 4) is 5.69 Å². The van der Waals surface area contributed by atoms with Gasteiger partial charge < -0.3 is 15.3 Å². The van der Waals surface area contributed by atoms with Crippen molar-refractivity contribution in [1.82, 2.24) is 14.5 Å². The summed E-state index contributed by atoms with van der Waals surface area (Å²) >= 11 is 0. The lowest BCUT2D eigenvalue weighted by molar-refractivity contribution is 0.0185. The fraction of sp³-hybridized carbons (Fsp3) is 0.160. The highest BCUT2D eigenvalue weighted by molar-refractivity contribution is 6.00. The summed E-state index contributed by atoms with van der Waals surface area (Å²) in [5.41, 5.74) is 1.58. The molecule has 1 fully saturated rings. The molecule has 7 heteroatoms. The van der Waals surface area contributed by atoms with Gasteiger partial charge in [0.15, 0.2) is 0 Å². The van der Waals surface area contributed by atoms with Gasteiger partial charge in [-0.3, -0.25) is 14.2 Å².